The molecule has 3 rings (SSSR count). The van der Waals surface area contributed by atoms with Gasteiger partial charge in [0.05, 0.1) is 5.25 Å². The van der Waals surface area contributed by atoms with Crippen molar-refractivity contribution < 1.29 is 9.53 Å². The second-order valence-electron chi connectivity index (χ2n) is 7.50. The second-order valence-corrected chi connectivity index (χ2v) is 8.68. The zero-order chi connectivity index (χ0) is 19.4. The number of benzene rings is 2. The van der Waals surface area contributed by atoms with Crippen LogP contribution in [0.25, 0.3) is 0 Å². The summed E-state index contributed by atoms with van der Waals surface area (Å²) >= 11 is 1.62. The van der Waals surface area contributed by atoms with Crippen LogP contribution >= 0.6 is 11.8 Å². The second kappa shape index (κ2) is 8.97. The quantitative estimate of drug-likeness (QED) is 0.535. The Kier molecular flexibility index (Phi) is 6.64. The molecule has 0 radical (unpaired) electrons. The van der Waals surface area contributed by atoms with Gasteiger partial charge in [0.15, 0.2) is 5.78 Å². The molecule has 0 bridgehead atoms. The molecule has 1 aliphatic heterocycles. The summed E-state index contributed by atoms with van der Waals surface area (Å²) in [5.41, 5.74) is 4.67. The number of ether oxygens (including phenoxy) is 1. The predicted molar refractivity (Wildman–Crippen MR) is 115 cm³/mol. The maximum absolute atomic E-state index is 12.2. The summed E-state index contributed by atoms with van der Waals surface area (Å²) in [5, 5.41) is 0.133. The summed E-state index contributed by atoms with van der Waals surface area (Å²) in [6.45, 7) is 8.33. The van der Waals surface area contributed by atoms with Crippen LogP contribution in [-0.2, 0) is 11.2 Å². The van der Waals surface area contributed by atoms with Crippen molar-refractivity contribution in [2.24, 2.45) is 0 Å². The molecule has 0 spiro atoms. The van der Waals surface area contributed by atoms with E-state index in [0.717, 1.165) is 18.6 Å². The highest BCUT2D eigenvalue weighted by Crippen LogP contribution is 2.50. The molecule has 2 aromatic rings. The molecule has 144 valence electrons. The molecule has 0 amide bonds. The molecule has 3 heteroatoms. The SMILES string of the molecule is CCCCc1cc(C(C)CC)c2c(c1)C(c1ccccc1)SC(C(C)=O)O2. The van der Waals surface area contributed by atoms with E-state index in [4.69, 9.17) is 4.74 Å². The molecule has 3 atom stereocenters. The van der Waals surface area contributed by atoms with Crippen LogP contribution in [0.1, 0.15) is 80.4 Å². The average Bonchev–Trinajstić information content (AvgIpc) is 2.70. The van der Waals surface area contributed by atoms with Crippen molar-refractivity contribution in [2.75, 3.05) is 0 Å². The summed E-state index contributed by atoms with van der Waals surface area (Å²) in [6, 6.07) is 15.1. The van der Waals surface area contributed by atoms with Crippen molar-refractivity contribution in [3.63, 3.8) is 0 Å². The fraction of sp³-hybridized carbons (Fsp3) is 0.458. The monoisotopic (exact) mass is 382 g/mol. The molecular formula is C24H30O2S. The van der Waals surface area contributed by atoms with Gasteiger partial charge in [-0.25, -0.2) is 0 Å². The molecule has 1 aliphatic rings. The standard InChI is InChI=1S/C24H30O2S/c1-5-7-11-18-14-20(16(3)6-2)22-21(15-18)23(19-12-9-8-10-13-19)27-24(26-22)17(4)25/h8-10,12-16,23-24H,5-7,11H2,1-4H3. The Hall–Kier alpha value is -1.74. The van der Waals surface area contributed by atoms with Crippen molar-refractivity contribution in [2.45, 2.75) is 70.0 Å². The van der Waals surface area contributed by atoms with E-state index in [0.29, 0.717) is 5.92 Å². The molecule has 0 N–H and O–H groups in total. The molecule has 0 saturated heterocycles. The predicted octanol–water partition coefficient (Wildman–Crippen LogP) is 6.67. The zero-order valence-corrected chi connectivity index (χ0v) is 17.6. The van der Waals surface area contributed by atoms with Gasteiger partial charge in [0.2, 0.25) is 5.44 Å². The van der Waals surface area contributed by atoms with Gasteiger partial charge < -0.3 is 4.74 Å². The Labute approximate surface area is 167 Å². The first-order valence-corrected chi connectivity index (χ1v) is 11.0. The average molecular weight is 383 g/mol. The Morgan fingerprint density at radius 2 is 1.93 bits per heavy atom. The van der Waals surface area contributed by atoms with Crippen LogP contribution in [0.2, 0.25) is 0 Å². The number of carbonyl (C=O) groups is 1. The van der Waals surface area contributed by atoms with E-state index in [9.17, 15) is 4.79 Å². The van der Waals surface area contributed by atoms with Crippen LogP contribution in [0.15, 0.2) is 42.5 Å². The van der Waals surface area contributed by atoms with E-state index in [2.05, 4.69) is 57.2 Å². The van der Waals surface area contributed by atoms with Gasteiger partial charge in [-0.2, -0.15) is 0 Å². The van der Waals surface area contributed by atoms with Crippen LogP contribution in [0.3, 0.4) is 0 Å². The molecule has 2 nitrogen and oxygen atoms in total. The smallest absolute Gasteiger partial charge is 0.203 e. The van der Waals surface area contributed by atoms with Gasteiger partial charge in [-0.1, -0.05) is 81.4 Å². The maximum Gasteiger partial charge on any atom is 0.203 e. The lowest BCUT2D eigenvalue weighted by Crippen LogP contribution is -2.28. The molecule has 2 aromatic carbocycles. The van der Waals surface area contributed by atoms with Crippen molar-refractivity contribution in [1.29, 1.82) is 0 Å². The zero-order valence-electron chi connectivity index (χ0n) is 16.8. The minimum atomic E-state index is -0.438. The molecule has 0 saturated carbocycles. The van der Waals surface area contributed by atoms with Crippen molar-refractivity contribution >= 4 is 17.5 Å². The van der Waals surface area contributed by atoms with E-state index in [-0.39, 0.29) is 11.0 Å². The van der Waals surface area contributed by atoms with Crippen LogP contribution in [-0.4, -0.2) is 11.2 Å². The number of hydrogen-bond donors (Lipinski definition) is 0. The first-order chi connectivity index (χ1) is 13.0. The molecule has 0 aliphatic carbocycles. The largest absolute Gasteiger partial charge is 0.471 e. The normalized spacial score (nSPS) is 19.9. The topological polar surface area (TPSA) is 26.3 Å². The summed E-state index contributed by atoms with van der Waals surface area (Å²) in [6.07, 6.45) is 4.53. The van der Waals surface area contributed by atoms with Gasteiger partial charge in [0.25, 0.3) is 0 Å². The number of Topliss-reactive ketones (excluding diaryl/α,β-unsaturated/α-hetero) is 1. The first kappa shape index (κ1) is 20.0. The van der Waals surface area contributed by atoms with Crippen LogP contribution < -0.4 is 4.74 Å². The molecule has 3 unspecified atom stereocenters. The number of thioether (sulfide) groups is 1. The van der Waals surface area contributed by atoms with Crippen molar-refractivity contribution in [3.05, 3.63) is 64.7 Å². The fourth-order valence-electron chi connectivity index (χ4n) is 3.58. The van der Waals surface area contributed by atoms with Crippen LogP contribution in [0.5, 0.6) is 5.75 Å². The Morgan fingerprint density at radius 3 is 2.56 bits per heavy atom. The highest BCUT2D eigenvalue weighted by atomic mass is 32.2. The first-order valence-electron chi connectivity index (χ1n) is 10.1. The lowest BCUT2D eigenvalue weighted by molar-refractivity contribution is -0.120. The van der Waals surface area contributed by atoms with Gasteiger partial charge in [-0.15, -0.1) is 0 Å². The third kappa shape index (κ3) is 4.40. The fourth-order valence-corrected chi connectivity index (χ4v) is 4.80. The van der Waals surface area contributed by atoms with Gasteiger partial charge in [0.1, 0.15) is 5.75 Å². The minimum absolute atomic E-state index is 0.0803. The summed E-state index contributed by atoms with van der Waals surface area (Å²) in [7, 11) is 0. The molecule has 0 aromatic heterocycles. The summed E-state index contributed by atoms with van der Waals surface area (Å²) in [4.78, 5) is 12.2. The van der Waals surface area contributed by atoms with Gasteiger partial charge in [-0.05, 0) is 48.8 Å². The van der Waals surface area contributed by atoms with Gasteiger partial charge in [-0.3, -0.25) is 4.79 Å². The minimum Gasteiger partial charge on any atom is -0.471 e. The molecule has 0 fully saturated rings. The van der Waals surface area contributed by atoms with E-state index in [1.807, 2.05) is 6.07 Å². The Bertz CT molecular complexity index is 784. The highest BCUT2D eigenvalue weighted by molar-refractivity contribution is 8.00. The lowest BCUT2D eigenvalue weighted by Gasteiger charge is -2.34. The van der Waals surface area contributed by atoms with Crippen LogP contribution in [0, 0.1) is 0 Å². The molecular weight excluding hydrogens is 352 g/mol. The third-order valence-electron chi connectivity index (χ3n) is 5.37. The number of hydrogen-bond acceptors (Lipinski definition) is 3. The summed E-state index contributed by atoms with van der Waals surface area (Å²) < 4.78 is 6.27. The van der Waals surface area contributed by atoms with Gasteiger partial charge >= 0.3 is 0 Å². The van der Waals surface area contributed by atoms with Crippen molar-refractivity contribution in [1.82, 2.24) is 0 Å². The van der Waals surface area contributed by atoms with Crippen LogP contribution in [0.4, 0.5) is 0 Å². The lowest BCUT2D eigenvalue weighted by atomic mass is 9.89. The number of fused-ring (bicyclic) bond motifs is 1. The van der Waals surface area contributed by atoms with E-state index in [1.54, 1.807) is 18.7 Å². The van der Waals surface area contributed by atoms with E-state index < -0.39 is 5.44 Å². The summed E-state index contributed by atoms with van der Waals surface area (Å²) in [5.74, 6) is 1.43. The third-order valence-corrected chi connectivity index (χ3v) is 6.84. The van der Waals surface area contributed by atoms with Gasteiger partial charge in [0, 0.05) is 5.56 Å². The Morgan fingerprint density at radius 1 is 1.19 bits per heavy atom. The highest BCUT2D eigenvalue weighted by Gasteiger charge is 2.35. The number of rotatable bonds is 7. The maximum atomic E-state index is 12.2. The Balaban J connectivity index is 2.15. The molecule has 1 heterocycles. The number of ketones is 1. The van der Waals surface area contributed by atoms with Crippen molar-refractivity contribution in [3.8, 4) is 5.75 Å². The molecule has 27 heavy (non-hydrogen) atoms. The number of unbranched alkanes of at least 4 members (excludes halogenated alkanes) is 1. The van der Waals surface area contributed by atoms with E-state index >= 15 is 0 Å². The number of carbonyl (C=O) groups excluding carboxylic acids is 1. The van der Waals surface area contributed by atoms with E-state index in [1.165, 1.54) is 35.1 Å². The number of aryl methyl sites for hydroxylation is 1.